The summed E-state index contributed by atoms with van der Waals surface area (Å²) in [4.78, 5) is 39.6. The van der Waals surface area contributed by atoms with E-state index in [0.717, 1.165) is 44.5 Å². The van der Waals surface area contributed by atoms with Gasteiger partial charge in [-0.3, -0.25) is 9.89 Å². The molecule has 1 spiro atoms. The van der Waals surface area contributed by atoms with Crippen LogP contribution in [0.2, 0.25) is 0 Å². The van der Waals surface area contributed by atoms with Gasteiger partial charge in [-0.1, -0.05) is 22.0 Å². The molecule has 3 aliphatic heterocycles. The fraction of sp³-hybridized carbons (Fsp3) is 0.548. The van der Waals surface area contributed by atoms with Crippen molar-refractivity contribution in [3.05, 3.63) is 61.9 Å². The lowest BCUT2D eigenvalue weighted by Crippen LogP contribution is -2.50. The minimum Gasteiger partial charge on any atom is -0.463 e. The van der Waals surface area contributed by atoms with Crippen molar-refractivity contribution in [3.63, 3.8) is 0 Å². The predicted molar refractivity (Wildman–Crippen MR) is 167 cm³/mol. The molecule has 1 amide bonds. The van der Waals surface area contributed by atoms with E-state index in [2.05, 4.69) is 31.1 Å². The van der Waals surface area contributed by atoms with Crippen molar-refractivity contribution in [2.75, 3.05) is 39.3 Å². The molecule has 3 aliphatic rings. The predicted octanol–water partition coefficient (Wildman–Crippen LogP) is 6.07. The highest BCUT2D eigenvalue weighted by Gasteiger charge is 2.40. The van der Waals surface area contributed by atoms with Crippen molar-refractivity contribution in [2.24, 2.45) is 10.4 Å². The number of aromatic nitrogens is 1. The summed E-state index contributed by atoms with van der Waals surface area (Å²) in [5, 5.41) is 6.00. The van der Waals surface area contributed by atoms with Gasteiger partial charge in [-0.2, -0.15) is 0 Å². The third-order valence-corrected chi connectivity index (χ3v) is 9.75. The van der Waals surface area contributed by atoms with Crippen LogP contribution in [0.15, 0.2) is 50.5 Å². The average molecular weight is 677 g/mol. The van der Waals surface area contributed by atoms with Gasteiger partial charge < -0.3 is 19.7 Å². The lowest BCUT2D eigenvalue weighted by Gasteiger charge is -2.47. The molecule has 1 N–H and O–H groups in total. The summed E-state index contributed by atoms with van der Waals surface area (Å²) in [7, 11) is 0. The van der Waals surface area contributed by atoms with Crippen molar-refractivity contribution in [1.29, 1.82) is 0 Å². The largest absolute Gasteiger partial charge is 0.463 e. The van der Waals surface area contributed by atoms with Crippen LogP contribution in [0.5, 0.6) is 0 Å². The first-order chi connectivity index (χ1) is 20.5. The monoisotopic (exact) mass is 675 g/mol. The van der Waals surface area contributed by atoms with Gasteiger partial charge in [0.25, 0.3) is 0 Å². The molecule has 12 heteroatoms. The maximum Gasteiger partial charge on any atom is 0.410 e. The molecule has 2 aromatic rings. The van der Waals surface area contributed by atoms with Crippen LogP contribution in [0.3, 0.4) is 0 Å². The normalized spacial score (nSPS) is 20.9. The van der Waals surface area contributed by atoms with Gasteiger partial charge in [-0.05, 0) is 89.6 Å². The van der Waals surface area contributed by atoms with Gasteiger partial charge in [0, 0.05) is 41.4 Å². The number of nitrogens with zero attached hydrogens (tertiary/aromatic N) is 4. The average Bonchev–Trinajstić information content (AvgIpc) is 3.49. The van der Waals surface area contributed by atoms with Crippen LogP contribution in [0.1, 0.15) is 70.0 Å². The van der Waals surface area contributed by atoms with Crippen LogP contribution in [0.25, 0.3) is 0 Å². The van der Waals surface area contributed by atoms with Crippen LogP contribution in [0.4, 0.5) is 9.18 Å². The van der Waals surface area contributed by atoms with Gasteiger partial charge in [-0.15, -0.1) is 11.3 Å². The molecule has 1 atom stereocenters. The number of carbonyl (C=O) groups is 2. The fourth-order valence-corrected chi connectivity index (χ4v) is 7.12. The van der Waals surface area contributed by atoms with Crippen LogP contribution >= 0.6 is 27.3 Å². The van der Waals surface area contributed by atoms with Gasteiger partial charge >= 0.3 is 12.1 Å². The molecular weight excluding hydrogens is 637 g/mol. The molecule has 0 radical (unpaired) electrons. The number of hydrogen-bond donors (Lipinski definition) is 1. The number of piperidine rings is 2. The number of nitrogens with one attached hydrogen (secondary N) is 1. The summed E-state index contributed by atoms with van der Waals surface area (Å²) < 4.78 is 25.7. The third kappa shape index (κ3) is 7.46. The number of amides is 1. The van der Waals surface area contributed by atoms with Crippen molar-refractivity contribution in [2.45, 2.75) is 65.0 Å². The van der Waals surface area contributed by atoms with Gasteiger partial charge in [0.1, 0.15) is 17.5 Å². The second kappa shape index (κ2) is 13.0. The summed E-state index contributed by atoms with van der Waals surface area (Å²) in [6.45, 7) is 11.3. The molecule has 43 heavy (non-hydrogen) atoms. The number of halogens is 2. The highest BCUT2D eigenvalue weighted by Crippen LogP contribution is 2.42. The van der Waals surface area contributed by atoms with Crippen molar-refractivity contribution in [3.8, 4) is 0 Å². The number of likely N-dealkylation sites (tertiary alicyclic amines) is 2. The Hall–Kier alpha value is -2.83. The Morgan fingerprint density at radius 3 is 2.47 bits per heavy atom. The van der Waals surface area contributed by atoms with Crippen molar-refractivity contribution in [1.82, 2.24) is 20.1 Å². The lowest BCUT2D eigenvalue weighted by molar-refractivity contribution is -0.139. The standard InChI is InChI=1S/C31H39BrFN5O4S/c1-5-41-28(39)24-23(35-26(27-34-12-17-43-27)36-25(24)21-7-6-20(33)18-22(21)32)19-37-13-8-31(9-14-37)10-15-38(16-11-31)29(40)42-30(2,3)4/h6-7,12,17-18,25H,5,8-11,13-16,19H2,1-4H3,(H,35,36). The van der Waals surface area contributed by atoms with Gasteiger partial charge in [0.15, 0.2) is 10.8 Å². The molecule has 5 rings (SSSR count). The third-order valence-electron chi connectivity index (χ3n) is 8.29. The molecule has 2 fully saturated rings. The summed E-state index contributed by atoms with van der Waals surface area (Å²) >= 11 is 4.95. The Labute approximate surface area is 264 Å². The van der Waals surface area contributed by atoms with E-state index >= 15 is 0 Å². The second-order valence-corrected chi connectivity index (χ2v) is 14.1. The number of thiazole rings is 1. The molecule has 9 nitrogen and oxygen atoms in total. The highest BCUT2D eigenvalue weighted by molar-refractivity contribution is 9.10. The topological polar surface area (TPSA) is 96.4 Å². The molecule has 2 saturated heterocycles. The van der Waals surface area contributed by atoms with Crippen LogP contribution in [-0.2, 0) is 14.3 Å². The Kier molecular flexibility index (Phi) is 9.58. The number of aliphatic imine (C=N–C) groups is 1. The molecule has 0 aliphatic carbocycles. The summed E-state index contributed by atoms with van der Waals surface area (Å²) in [6, 6.07) is 3.72. The molecule has 1 aromatic carbocycles. The minimum atomic E-state index is -0.697. The summed E-state index contributed by atoms with van der Waals surface area (Å²) in [6.07, 6.45) is 5.42. The molecule has 0 saturated carbocycles. The first-order valence-corrected chi connectivity index (χ1v) is 16.4. The van der Waals surface area contributed by atoms with E-state index in [1.54, 1.807) is 19.2 Å². The number of benzene rings is 1. The van der Waals surface area contributed by atoms with E-state index in [0.29, 0.717) is 46.1 Å². The van der Waals surface area contributed by atoms with Crippen molar-refractivity contribution < 1.29 is 23.5 Å². The van der Waals surface area contributed by atoms with E-state index in [1.807, 2.05) is 31.1 Å². The number of esters is 1. The fourth-order valence-electron chi connectivity index (χ4n) is 5.97. The van der Waals surface area contributed by atoms with E-state index in [9.17, 15) is 14.0 Å². The first-order valence-electron chi connectivity index (χ1n) is 14.8. The Morgan fingerprint density at radius 1 is 1.16 bits per heavy atom. The van der Waals surface area contributed by atoms with Crippen molar-refractivity contribution >= 4 is 45.2 Å². The smallest absolute Gasteiger partial charge is 0.410 e. The van der Waals surface area contributed by atoms with E-state index in [-0.39, 0.29) is 23.9 Å². The maximum atomic E-state index is 14.0. The maximum absolute atomic E-state index is 14.0. The Balaban J connectivity index is 1.35. The molecule has 0 bridgehead atoms. The molecular formula is C31H39BrFN5O4S. The Morgan fingerprint density at radius 2 is 1.86 bits per heavy atom. The van der Waals surface area contributed by atoms with Gasteiger partial charge in [-0.25, -0.2) is 19.0 Å². The van der Waals surface area contributed by atoms with Crippen LogP contribution in [0, 0.1) is 11.2 Å². The molecule has 1 unspecified atom stereocenters. The van der Waals surface area contributed by atoms with E-state index in [4.69, 9.17) is 14.5 Å². The SMILES string of the molecule is CCOC(=O)C1=C(CN2CCC3(CC2)CCN(C(=O)OC(C)(C)C)CC3)NC(c2nccs2)=NC1c1ccc(F)cc1Br. The Bertz CT molecular complexity index is 1390. The number of amidine groups is 1. The zero-order valence-electron chi connectivity index (χ0n) is 25.1. The number of hydrogen-bond acceptors (Lipinski definition) is 9. The van der Waals surface area contributed by atoms with Gasteiger partial charge in [0.2, 0.25) is 0 Å². The van der Waals surface area contributed by atoms with E-state index < -0.39 is 17.6 Å². The highest BCUT2D eigenvalue weighted by atomic mass is 79.9. The second-order valence-electron chi connectivity index (χ2n) is 12.4. The van der Waals surface area contributed by atoms with E-state index in [1.165, 1.54) is 23.5 Å². The number of ether oxygens (including phenoxy) is 2. The summed E-state index contributed by atoms with van der Waals surface area (Å²) in [5.74, 6) is -0.256. The molecule has 1 aromatic heterocycles. The summed E-state index contributed by atoms with van der Waals surface area (Å²) in [5.41, 5.74) is 1.50. The number of carbonyl (C=O) groups excluding carboxylic acids is 2. The lowest BCUT2D eigenvalue weighted by atomic mass is 9.71. The zero-order valence-corrected chi connectivity index (χ0v) is 27.5. The van der Waals surface area contributed by atoms with Crippen LogP contribution < -0.4 is 5.32 Å². The first kappa shape index (κ1) is 31.6. The molecule has 232 valence electrons. The van der Waals surface area contributed by atoms with Crippen LogP contribution in [-0.4, -0.2) is 77.6 Å². The quantitative estimate of drug-likeness (QED) is 0.372. The minimum absolute atomic E-state index is 0.197. The number of rotatable bonds is 6. The van der Waals surface area contributed by atoms with Gasteiger partial charge in [0.05, 0.1) is 12.2 Å². The molecule has 4 heterocycles. The zero-order chi connectivity index (χ0) is 30.8.